The molecule has 1 nitrogen and oxygen atoms in total. The summed E-state index contributed by atoms with van der Waals surface area (Å²) in [6.07, 6.45) is 0.811. The molecule has 3 aromatic rings. The van der Waals surface area contributed by atoms with Crippen molar-refractivity contribution in [3.8, 4) is 16.9 Å². The average Bonchev–Trinajstić information content (AvgIpc) is 2.65. The number of benzene rings is 3. The van der Waals surface area contributed by atoms with E-state index in [0.717, 1.165) is 34.0 Å². The van der Waals surface area contributed by atoms with Gasteiger partial charge in [0.2, 0.25) is 0 Å². The molecule has 0 fully saturated rings. The van der Waals surface area contributed by atoms with Crippen molar-refractivity contribution in [2.24, 2.45) is 0 Å². The van der Waals surface area contributed by atoms with Crippen LogP contribution in [0.15, 0.2) is 66.7 Å². The fourth-order valence-electron chi connectivity index (χ4n) is 3.25. The van der Waals surface area contributed by atoms with Crippen LogP contribution in [0.5, 0.6) is 5.75 Å². The standard InChI is InChI=1S/C23H24FOP/c1-4-23(3,26-22-16(2)10-8-15-20(22)24)19-14-9-13-18(21(19)25)17-11-6-5-7-12-17/h5-15,25-26H,4H2,1-3H3. The molecule has 3 aromatic carbocycles. The van der Waals surface area contributed by atoms with Gasteiger partial charge in [0, 0.05) is 21.6 Å². The van der Waals surface area contributed by atoms with Crippen LogP contribution in [0, 0.1) is 12.7 Å². The molecule has 0 amide bonds. The summed E-state index contributed by atoms with van der Waals surface area (Å²) in [6.45, 7) is 6.15. The number of phenols is 1. The maximum absolute atomic E-state index is 14.4. The van der Waals surface area contributed by atoms with Crippen LogP contribution in [-0.4, -0.2) is 5.11 Å². The summed E-state index contributed by atoms with van der Waals surface area (Å²) in [4.78, 5) is 0. The van der Waals surface area contributed by atoms with E-state index in [4.69, 9.17) is 0 Å². The van der Waals surface area contributed by atoms with Crippen LogP contribution in [0.3, 0.4) is 0 Å². The normalized spacial score (nSPS) is 13.8. The minimum absolute atomic E-state index is 0.165. The van der Waals surface area contributed by atoms with Crippen molar-refractivity contribution in [3.05, 3.63) is 83.7 Å². The molecular formula is C23H24FOP. The molecule has 3 heteroatoms. The van der Waals surface area contributed by atoms with Gasteiger partial charge in [0.1, 0.15) is 11.6 Å². The van der Waals surface area contributed by atoms with Gasteiger partial charge < -0.3 is 5.11 Å². The van der Waals surface area contributed by atoms with Gasteiger partial charge in [-0.3, -0.25) is 0 Å². The van der Waals surface area contributed by atoms with Crippen LogP contribution in [0.25, 0.3) is 11.1 Å². The average molecular weight is 366 g/mol. The van der Waals surface area contributed by atoms with E-state index >= 15 is 0 Å². The van der Waals surface area contributed by atoms with Crippen molar-refractivity contribution < 1.29 is 9.50 Å². The monoisotopic (exact) mass is 366 g/mol. The number of aromatic hydroxyl groups is 1. The SMILES string of the molecule is CCC(C)(Pc1c(C)cccc1F)c1cccc(-c2ccccc2)c1O. The second kappa shape index (κ2) is 7.60. The number of hydrogen-bond acceptors (Lipinski definition) is 1. The minimum Gasteiger partial charge on any atom is -0.507 e. The highest BCUT2D eigenvalue weighted by Crippen LogP contribution is 2.49. The zero-order valence-corrected chi connectivity index (χ0v) is 16.4. The molecule has 0 aliphatic rings. The van der Waals surface area contributed by atoms with E-state index in [9.17, 15) is 9.50 Å². The summed E-state index contributed by atoms with van der Waals surface area (Å²) in [5.41, 5.74) is 3.64. The Labute approximate surface area is 156 Å². The molecule has 0 saturated carbocycles. The minimum atomic E-state index is -0.332. The van der Waals surface area contributed by atoms with Gasteiger partial charge in [-0.15, -0.1) is 0 Å². The first-order valence-electron chi connectivity index (χ1n) is 8.87. The van der Waals surface area contributed by atoms with Crippen LogP contribution >= 0.6 is 8.58 Å². The largest absolute Gasteiger partial charge is 0.507 e. The molecule has 0 aliphatic carbocycles. The fourth-order valence-corrected chi connectivity index (χ4v) is 4.80. The lowest BCUT2D eigenvalue weighted by Gasteiger charge is -2.31. The summed E-state index contributed by atoms with van der Waals surface area (Å²) in [5.74, 6) is 0.131. The number of halogens is 1. The lowest BCUT2D eigenvalue weighted by Crippen LogP contribution is -2.21. The lowest BCUT2D eigenvalue weighted by atomic mass is 9.92. The van der Waals surface area contributed by atoms with E-state index in [1.165, 1.54) is 6.07 Å². The highest BCUT2D eigenvalue weighted by Gasteiger charge is 2.30. The van der Waals surface area contributed by atoms with E-state index in [1.54, 1.807) is 6.07 Å². The summed E-state index contributed by atoms with van der Waals surface area (Å²) in [7, 11) is 0.239. The van der Waals surface area contributed by atoms with Crippen molar-refractivity contribution in [3.63, 3.8) is 0 Å². The predicted molar refractivity (Wildman–Crippen MR) is 110 cm³/mol. The second-order valence-corrected chi connectivity index (χ2v) is 8.66. The Morgan fingerprint density at radius 3 is 2.31 bits per heavy atom. The molecule has 134 valence electrons. The van der Waals surface area contributed by atoms with Gasteiger partial charge in [0.25, 0.3) is 0 Å². The number of aryl methyl sites for hydroxylation is 1. The van der Waals surface area contributed by atoms with E-state index < -0.39 is 0 Å². The van der Waals surface area contributed by atoms with Gasteiger partial charge in [0.15, 0.2) is 0 Å². The highest BCUT2D eigenvalue weighted by molar-refractivity contribution is 7.48. The summed E-state index contributed by atoms with van der Waals surface area (Å²) >= 11 is 0. The summed E-state index contributed by atoms with van der Waals surface area (Å²) in [5, 5.41) is 11.5. The van der Waals surface area contributed by atoms with Crippen LogP contribution in [0.2, 0.25) is 0 Å². The van der Waals surface area contributed by atoms with Crippen LogP contribution < -0.4 is 5.30 Å². The van der Waals surface area contributed by atoms with Gasteiger partial charge in [-0.2, -0.15) is 0 Å². The Hall–Kier alpha value is -2.18. The first kappa shape index (κ1) is 18.6. The van der Waals surface area contributed by atoms with Gasteiger partial charge >= 0.3 is 0 Å². The van der Waals surface area contributed by atoms with Crippen molar-refractivity contribution in [2.45, 2.75) is 32.3 Å². The van der Waals surface area contributed by atoms with Gasteiger partial charge in [0.05, 0.1) is 0 Å². The van der Waals surface area contributed by atoms with Crippen molar-refractivity contribution >= 4 is 13.9 Å². The van der Waals surface area contributed by atoms with Crippen molar-refractivity contribution in [1.29, 1.82) is 0 Å². The zero-order chi connectivity index (χ0) is 18.7. The van der Waals surface area contributed by atoms with Crippen molar-refractivity contribution in [2.75, 3.05) is 0 Å². The molecule has 0 radical (unpaired) electrons. The first-order chi connectivity index (χ1) is 12.5. The fraction of sp³-hybridized carbons (Fsp3) is 0.217. The summed E-state index contributed by atoms with van der Waals surface area (Å²) < 4.78 is 14.4. The number of rotatable bonds is 5. The van der Waals surface area contributed by atoms with E-state index in [0.29, 0.717) is 5.75 Å². The Balaban J connectivity index is 2.08. The molecular weight excluding hydrogens is 342 g/mol. The molecule has 0 heterocycles. The van der Waals surface area contributed by atoms with Crippen molar-refractivity contribution in [1.82, 2.24) is 0 Å². The van der Waals surface area contributed by atoms with Crippen LogP contribution in [-0.2, 0) is 5.16 Å². The molecule has 2 unspecified atom stereocenters. The maximum atomic E-state index is 14.4. The topological polar surface area (TPSA) is 20.2 Å². The first-order valence-corrected chi connectivity index (χ1v) is 9.87. The highest BCUT2D eigenvalue weighted by atomic mass is 31.1. The van der Waals surface area contributed by atoms with Crippen LogP contribution in [0.4, 0.5) is 4.39 Å². The quantitative estimate of drug-likeness (QED) is 0.538. The molecule has 0 bridgehead atoms. The predicted octanol–water partition coefficient (Wildman–Crippen LogP) is 6.14. The summed E-state index contributed by atoms with van der Waals surface area (Å²) in [6, 6.07) is 21.0. The lowest BCUT2D eigenvalue weighted by molar-refractivity contribution is 0.458. The Kier molecular flexibility index (Phi) is 5.44. The van der Waals surface area contributed by atoms with E-state index in [1.807, 2.05) is 61.5 Å². The number of phenolic OH excluding ortho intramolecular Hbond substituents is 1. The molecule has 0 spiro atoms. The Bertz CT molecular complexity index is 887. The Morgan fingerprint density at radius 2 is 1.65 bits per heavy atom. The third kappa shape index (κ3) is 3.52. The smallest absolute Gasteiger partial charge is 0.130 e. The zero-order valence-electron chi connectivity index (χ0n) is 15.4. The van der Waals surface area contributed by atoms with Crippen LogP contribution in [0.1, 0.15) is 31.4 Å². The Morgan fingerprint density at radius 1 is 0.962 bits per heavy atom. The van der Waals surface area contributed by atoms with Gasteiger partial charge in [-0.05, 0) is 30.5 Å². The van der Waals surface area contributed by atoms with E-state index in [2.05, 4.69) is 13.8 Å². The second-order valence-electron chi connectivity index (χ2n) is 6.81. The molecule has 0 aromatic heterocycles. The van der Waals surface area contributed by atoms with E-state index in [-0.39, 0.29) is 19.6 Å². The molecule has 3 rings (SSSR count). The number of hydrogen-bond donors (Lipinski definition) is 1. The maximum Gasteiger partial charge on any atom is 0.130 e. The van der Waals surface area contributed by atoms with Gasteiger partial charge in [-0.25, -0.2) is 4.39 Å². The number of para-hydroxylation sites is 1. The molecule has 1 N–H and O–H groups in total. The molecule has 0 aliphatic heterocycles. The third-order valence-electron chi connectivity index (χ3n) is 5.05. The molecule has 26 heavy (non-hydrogen) atoms. The molecule has 0 saturated heterocycles. The molecule has 2 atom stereocenters. The van der Waals surface area contributed by atoms with Gasteiger partial charge in [-0.1, -0.05) is 83.1 Å². The third-order valence-corrected chi connectivity index (χ3v) is 7.10.